The lowest BCUT2D eigenvalue weighted by molar-refractivity contribution is -0.0420. The van der Waals surface area contributed by atoms with Gasteiger partial charge in [-0.3, -0.25) is 0 Å². The van der Waals surface area contributed by atoms with Crippen molar-refractivity contribution in [3.63, 3.8) is 0 Å². The first-order valence-corrected chi connectivity index (χ1v) is 6.65. The summed E-state index contributed by atoms with van der Waals surface area (Å²) in [6.45, 7) is 5.45. The zero-order valence-electron chi connectivity index (χ0n) is 10.0. The standard InChI is InChI=1S/C11H19F2NOS/c1-10(2,3)16(15)14-8-9-5-4-6-11(12,13)7-9/h8-9H,4-7H2,1-3H3/b14-8+/t9-,16?/m1/s1. The van der Waals surface area contributed by atoms with Gasteiger partial charge in [-0.05, 0) is 33.6 Å². The van der Waals surface area contributed by atoms with Crippen molar-refractivity contribution in [1.29, 1.82) is 0 Å². The molecular weight excluding hydrogens is 232 g/mol. The summed E-state index contributed by atoms with van der Waals surface area (Å²) >= 11 is 0. The van der Waals surface area contributed by atoms with Crippen LogP contribution in [-0.4, -0.2) is 21.1 Å². The van der Waals surface area contributed by atoms with Crippen LogP contribution in [0.5, 0.6) is 0 Å². The Morgan fingerprint density at radius 3 is 2.56 bits per heavy atom. The van der Waals surface area contributed by atoms with Gasteiger partial charge in [-0.25, -0.2) is 13.0 Å². The van der Waals surface area contributed by atoms with E-state index in [4.69, 9.17) is 0 Å². The van der Waals surface area contributed by atoms with Gasteiger partial charge in [0.1, 0.15) is 11.0 Å². The Bertz CT molecular complexity index is 297. The molecule has 0 spiro atoms. The van der Waals surface area contributed by atoms with Crippen LogP contribution in [0.1, 0.15) is 46.5 Å². The number of halogens is 2. The van der Waals surface area contributed by atoms with Crippen molar-refractivity contribution in [3.8, 4) is 0 Å². The summed E-state index contributed by atoms with van der Waals surface area (Å²) in [5, 5.41) is 0. The van der Waals surface area contributed by atoms with Crippen LogP contribution in [0.15, 0.2) is 4.40 Å². The van der Waals surface area contributed by atoms with Crippen LogP contribution in [0, 0.1) is 5.92 Å². The van der Waals surface area contributed by atoms with Crippen molar-refractivity contribution in [3.05, 3.63) is 0 Å². The zero-order valence-corrected chi connectivity index (χ0v) is 10.8. The van der Waals surface area contributed by atoms with E-state index in [1.807, 2.05) is 20.8 Å². The number of alkyl halides is 2. The van der Waals surface area contributed by atoms with Gasteiger partial charge in [0.15, 0.2) is 0 Å². The van der Waals surface area contributed by atoms with Crippen molar-refractivity contribution >= 4 is 17.2 Å². The SMILES string of the molecule is CC(C)(C)S(=O)/N=C/[C@@H]1CCCC(F)(F)C1. The van der Waals surface area contributed by atoms with E-state index in [2.05, 4.69) is 4.40 Å². The highest BCUT2D eigenvalue weighted by Gasteiger charge is 2.35. The molecule has 1 rings (SSSR count). The third-order valence-corrected chi connectivity index (χ3v) is 3.93. The van der Waals surface area contributed by atoms with Crippen LogP contribution in [0.2, 0.25) is 0 Å². The lowest BCUT2D eigenvalue weighted by Gasteiger charge is -2.26. The molecule has 0 heterocycles. The Labute approximate surface area is 98.1 Å². The summed E-state index contributed by atoms with van der Waals surface area (Å²) < 4.78 is 41.2. The fourth-order valence-corrected chi connectivity index (χ4v) is 2.24. The smallest absolute Gasteiger partial charge is 0.234 e. The molecular formula is C11H19F2NOS. The molecule has 0 amide bonds. The second kappa shape index (κ2) is 4.90. The maximum atomic E-state index is 13.1. The predicted molar refractivity (Wildman–Crippen MR) is 63.3 cm³/mol. The number of rotatable bonds is 2. The van der Waals surface area contributed by atoms with Gasteiger partial charge in [0.2, 0.25) is 5.92 Å². The molecule has 2 nitrogen and oxygen atoms in total. The molecule has 1 aliphatic carbocycles. The molecule has 2 atom stereocenters. The molecule has 0 N–H and O–H groups in total. The summed E-state index contributed by atoms with van der Waals surface area (Å²) in [6, 6.07) is 0. The van der Waals surface area contributed by atoms with Crippen LogP contribution < -0.4 is 0 Å². The van der Waals surface area contributed by atoms with E-state index in [0.717, 1.165) is 6.42 Å². The minimum Gasteiger partial charge on any atom is -0.234 e. The van der Waals surface area contributed by atoms with E-state index in [9.17, 15) is 13.0 Å². The molecule has 1 saturated carbocycles. The molecule has 5 heteroatoms. The summed E-state index contributed by atoms with van der Waals surface area (Å²) in [6.07, 6.45) is 2.53. The first-order valence-electron chi connectivity index (χ1n) is 5.55. The van der Waals surface area contributed by atoms with Gasteiger partial charge in [-0.1, -0.05) is 0 Å². The minimum absolute atomic E-state index is 0.0281. The fourth-order valence-electron chi connectivity index (χ4n) is 1.64. The van der Waals surface area contributed by atoms with Crippen molar-refractivity contribution in [2.24, 2.45) is 10.3 Å². The Morgan fingerprint density at radius 2 is 2.06 bits per heavy atom. The van der Waals surface area contributed by atoms with E-state index < -0.39 is 21.7 Å². The monoisotopic (exact) mass is 251 g/mol. The zero-order chi connectivity index (χ0) is 12.4. The largest absolute Gasteiger partial charge is 0.248 e. The molecule has 0 aliphatic heterocycles. The quantitative estimate of drug-likeness (QED) is 0.692. The highest BCUT2D eigenvalue weighted by Crippen LogP contribution is 2.35. The maximum absolute atomic E-state index is 13.1. The van der Waals surface area contributed by atoms with E-state index in [1.54, 1.807) is 0 Å². The Morgan fingerprint density at radius 1 is 1.44 bits per heavy atom. The Balaban J connectivity index is 2.55. The highest BCUT2D eigenvalue weighted by atomic mass is 32.2. The van der Waals surface area contributed by atoms with Gasteiger partial charge < -0.3 is 0 Å². The van der Waals surface area contributed by atoms with E-state index in [1.165, 1.54) is 6.21 Å². The average molecular weight is 251 g/mol. The Kier molecular flexibility index (Phi) is 4.21. The van der Waals surface area contributed by atoms with Crippen LogP contribution >= 0.6 is 0 Å². The molecule has 0 aromatic carbocycles. The highest BCUT2D eigenvalue weighted by molar-refractivity contribution is 7.85. The average Bonchev–Trinajstić information content (AvgIpc) is 2.11. The lowest BCUT2D eigenvalue weighted by atomic mass is 9.87. The molecule has 0 radical (unpaired) electrons. The van der Waals surface area contributed by atoms with E-state index in [0.29, 0.717) is 6.42 Å². The van der Waals surface area contributed by atoms with Crippen molar-refractivity contribution in [2.45, 2.75) is 57.1 Å². The molecule has 1 fully saturated rings. The number of hydrogen-bond acceptors (Lipinski definition) is 1. The van der Waals surface area contributed by atoms with Crippen molar-refractivity contribution < 1.29 is 13.0 Å². The van der Waals surface area contributed by atoms with Crippen LogP contribution in [-0.2, 0) is 11.0 Å². The van der Waals surface area contributed by atoms with E-state index >= 15 is 0 Å². The number of nitrogens with zero attached hydrogens (tertiary/aromatic N) is 1. The van der Waals surface area contributed by atoms with E-state index in [-0.39, 0.29) is 18.8 Å². The normalized spacial score (nSPS) is 28.2. The maximum Gasteiger partial charge on any atom is 0.248 e. The van der Waals surface area contributed by atoms with Crippen LogP contribution in [0.4, 0.5) is 8.78 Å². The molecule has 1 aliphatic rings. The summed E-state index contributed by atoms with van der Waals surface area (Å²) in [5.41, 5.74) is 0. The molecule has 0 aromatic heterocycles. The van der Waals surface area contributed by atoms with Gasteiger partial charge in [0, 0.05) is 25.0 Å². The first-order chi connectivity index (χ1) is 7.21. The van der Waals surface area contributed by atoms with Gasteiger partial charge in [-0.2, -0.15) is 4.40 Å². The predicted octanol–water partition coefficient (Wildman–Crippen LogP) is 3.34. The second-order valence-corrected chi connectivity index (χ2v) is 7.26. The molecule has 16 heavy (non-hydrogen) atoms. The summed E-state index contributed by atoms with van der Waals surface area (Å²) in [5.74, 6) is -2.80. The number of hydrogen-bond donors (Lipinski definition) is 0. The van der Waals surface area contributed by atoms with Crippen LogP contribution in [0.3, 0.4) is 0 Å². The van der Waals surface area contributed by atoms with Gasteiger partial charge in [0.05, 0.1) is 4.75 Å². The van der Waals surface area contributed by atoms with Crippen molar-refractivity contribution in [2.75, 3.05) is 0 Å². The van der Waals surface area contributed by atoms with Crippen LogP contribution in [0.25, 0.3) is 0 Å². The van der Waals surface area contributed by atoms with Crippen molar-refractivity contribution in [1.82, 2.24) is 0 Å². The summed E-state index contributed by atoms with van der Waals surface area (Å²) in [7, 11) is -1.34. The second-order valence-electron chi connectivity index (χ2n) is 5.33. The minimum atomic E-state index is -2.57. The molecule has 0 bridgehead atoms. The first kappa shape index (κ1) is 13.7. The topological polar surface area (TPSA) is 29.4 Å². The van der Waals surface area contributed by atoms with Gasteiger partial charge >= 0.3 is 0 Å². The Hall–Kier alpha value is -0.320. The van der Waals surface area contributed by atoms with Gasteiger partial charge in [-0.15, -0.1) is 0 Å². The third-order valence-electron chi connectivity index (χ3n) is 2.57. The van der Waals surface area contributed by atoms with Gasteiger partial charge in [0.25, 0.3) is 0 Å². The molecule has 0 saturated heterocycles. The molecule has 94 valence electrons. The molecule has 1 unspecified atom stereocenters. The fraction of sp³-hybridized carbons (Fsp3) is 0.909. The third kappa shape index (κ3) is 4.28. The lowest BCUT2D eigenvalue weighted by Crippen LogP contribution is -2.27. The summed E-state index contributed by atoms with van der Waals surface area (Å²) in [4.78, 5) is 0. The molecule has 0 aromatic rings.